The molecule has 0 radical (unpaired) electrons. The third-order valence-corrected chi connectivity index (χ3v) is 3.18. The normalized spacial score (nSPS) is 10.9. The van der Waals surface area contributed by atoms with E-state index in [-0.39, 0.29) is 24.0 Å². The number of aliphatic imine (C=N–C) groups is 1. The molecule has 0 saturated carbocycles. The van der Waals surface area contributed by atoms with Crippen LogP contribution in [0.2, 0.25) is 0 Å². The van der Waals surface area contributed by atoms with E-state index in [2.05, 4.69) is 20.6 Å². The van der Waals surface area contributed by atoms with Gasteiger partial charge in [-0.25, -0.2) is 0 Å². The van der Waals surface area contributed by atoms with Gasteiger partial charge in [0.25, 0.3) is 0 Å². The molecular formula is C18H27IN4O3. The van der Waals surface area contributed by atoms with Crippen molar-refractivity contribution in [2.45, 2.75) is 20.0 Å². The van der Waals surface area contributed by atoms with Crippen molar-refractivity contribution in [1.29, 1.82) is 0 Å². The molecule has 2 N–H and O–H groups in total. The Hall–Kier alpha value is -1.81. The molecule has 0 amide bonds. The summed E-state index contributed by atoms with van der Waals surface area (Å²) in [6.45, 7) is 5.89. The lowest BCUT2D eigenvalue weighted by molar-refractivity contribution is 0.105. The van der Waals surface area contributed by atoms with Crippen molar-refractivity contribution in [2.24, 2.45) is 4.99 Å². The summed E-state index contributed by atoms with van der Waals surface area (Å²) in [6, 6.07) is 7.49. The lowest BCUT2D eigenvalue weighted by Crippen LogP contribution is -2.39. The second-order valence-corrected chi connectivity index (χ2v) is 5.21. The summed E-state index contributed by atoms with van der Waals surface area (Å²) < 4.78 is 16.3. The van der Waals surface area contributed by atoms with E-state index in [0.29, 0.717) is 32.9 Å². The Morgan fingerprint density at radius 2 is 2.15 bits per heavy atom. The van der Waals surface area contributed by atoms with Crippen LogP contribution >= 0.6 is 24.0 Å². The van der Waals surface area contributed by atoms with Crippen LogP contribution in [0.5, 0.6) is 5.75 Å². The van der Waals surface area contributed by atoms with Gasteiger partial charge in [-0.15, -0.1) is 24.0 Å². The van der Waals surface area contributed by atoms with E-state index < -0.39 is 0 Å². The number of hydrogen-bond acceptors (Lipinski definition) is 5. The Morgan fingerprint density at radius 3 is 2.88 bits per heavy atom. The van der Waals surface area contributed by atoms with Gasteiger partial charge >= 0.3 is 0 Å². The number of nitrogens with one attached hydrogen (secondary N) is 2. The molecule has 2 heterocycles. The molecule has 7 nitrogen and oxygen atoms in total. The van der Waals surface area contributed by atoms with Gasteiger partial charge in [0.05, 0.1) is 19.0 Å². The summed E-state index contributed by atoms with van der Waals surface area (Å²) in [5, 5.41) is 6.45. The van der Waals surface area contributed by atoms with Crippen molar-refractivity contribution in [2.75, 3.05) is 32.8 Å². The molecule has 8 heteroatoms. The number of guanidine groups is 1. The number of nitrogens with zero attached hydrogens (tertiary/aromatic N) is 2. The molecule has 2 aromatic heterocycles. The fraction of sp³-hybridized carbons (Fsp3) is 0.444. The van der Waals surface area contributed by atoms with Gasteiger partial charge in [-0.2, -0.15) is 0 Å². The quantitative estimate of drug-likeness (QED) is 0.226. The van der Waals surface area contributed by atoms with Gasteiger partial charge in [0.2, 0.25) is 0 Å². The molecule has 144 valence electrons. The van der Waals surface area contributed by atoms with Crippen molar-refractivity contribution in [1.82, 2.24) is 15.6 Å². The van der Waals surface area contributed by atoms with Gasteiger partial charge in [-0.1, -0.05) is 0 Å². The maximum atomic E-state index is 5.59. The van der Waals surface area contributed by atoms with E-state index in [0.717, 1.165) is 30.4 Å². The average Bonchev–Trinajstić information content (AvgIpc) is 3.16. The molecule has 0 spiro atoms. The highest BCUT2D eigenvalue weighted by molar-refractivity contribution is 14.0. The Bertz CT molecular complexity index is 594. The van der Waals surface area contributed by atoms with Crippen LogP contribution in [0.1, 0.15) is 19.1 Å². The van der Waals surface area contributed by atoms with Crippen LogP contribution in [0.4, 0.5) is 0 Å². The van der Waals surface area contributed by atoms with Gasteiger partial charge < -0.3 is 24.5 Å². The molecule has 0 atom stereocenters. The summed E-state index contributed by atoms with van der Waals surface area (Å²) >= 11 is 0. The molecule has 0 saturated heterocycles. The van der Waals surface area contributed by atoms with E-state index in [9.17, 15) is 0 Å². The highest BCUT2D eigenvalue weighted by Crippen LogP contribution is 2.05. The Balaban J connectivity index is 0.00000338. The predicted molar refractivity (Wildman–Crippen MR) is 112 cm³/mol. The van der Waals surface area contributed by atoms with Crippen molar-refractivity contribution in [3.63, 3.8) is 0 Å². The minimum Gasteiger partial charge on any atom is -0.490 e. The SMILES string of the molecule is CCNC(=NCCCOCc1ccco1)NCCOc1cccnc1.I. The first-order valence-corrected chi connectivity index (χ1v) is 8.53. The molecule has 2 rings (SSSR count). The van der Waals surface area contributed by atoms with Crippen LogP contribution in [0.15, 0.2) is 52.3 Å². The van der Waals surface area contributed by atoms with Crippen LogP contribution in [0.25, 0.3) is 0 Å². The first kappa shape index (κ1) is 22.2. The van der Waals surface area contributed by atoms with E-state index in [1.54, 1.807) is 18.7 Å². The molecule has 26 heavy (non-hydrogen) atoms. The summed E-state index contributed by atoms with van der Waals surface area (Å²) in [5.74, 6) is 2.38. The van der Waals surface area contributed by atoms with Crippen molar-refractivity contribution in [3.8, 4) is 5.75 Å². The zero-order valence-electron chi connectivity index (χ0n) is 15.0. The lowest BCUT2D eigenvalue weighted by atomic mass is 10.4. The monoisotopic (exact) mass is 474 g/mol. The summed E-state index contributed by atoms with van der Waals surface area (Å²) in [7, 11) is 0. The third-order valence-electron chi connectivity index (χ3n) is 3.18. The maximum Gasteiger partial charge on any atom is 0.191 e. The van der Waals surface area contributed by atoms with Gasteiger partial charge in [-0.05, 0) is 37.6 Å². The van der Waals surface area contributed by atoms with Crippen molar-refractivity contribution < 1.29 is 13.9 Å². The third kappa shape index (κ3) is 9.62. The van der Waals surface area contributed by atoms with Gasteiger partial charge in [0, 0.05) is 25.9 Å². The predicted octanol–water partition coefficient (Wildman–Crippen LogP) is 2.83. The fourth-order valence-corrected chi connectivity index (χ4v) is 2.04. The Morgan fingerprint density at radius 1 is 1.23 bits per heavy atom. The Kier molecular flexibility index (Phi) is 12.3. The first-order valence-electron chi connectivity index (χ1n) is 8.53. The van der Waals surface area contributed by atoms with E-state index in [4.69, 9.17) is 13.9 Å². The highest BCUT2D eigenvalue weighted by atomic mass is 127. The Labute approximate surface area is 171 Å². The second kappa shape index (κ2) is 14.4. The molecule has 2 aromatic rings. The lowest BCUT2D eigenvalue weighted by Gasteiger charge is -2.12. The maximum absolute atomic E-state index is 5.59. The van der Waals surface area contributed by atoms with Gasteiger partial charge in [0.15, 0.2) is 5.96 Å². The number of rotatable bonds is 11. The summed E-state index contributed by atoms with van der Waals surface area (Å²) in [4.78, 5) is 8.53. The van der Waals surface area contributed by atoms with Crippen LogP contribution in [-0.2, 0) is 11.3 Å². The number of pyridine rings is 1. The van der Waals surface area contributed by atoms with Crippen LogP contribution < -0.4 is 15.4 Å². The highest BCUT2D eigenvalue weighted by Gasteiger charge is 1.98. The minimum atomic E-state index is 0. The molecular weight excluding hydrogens is 447 g/mol. The van der Waals surface area contributed by atoms with E-state index >= 15 is 0 Å². The minimum absolute atomic E-state index is 0. The largest absolute Gasteiger partial charge is 0.490 e. The molecule has 0 bridgehead atoms. The number of ether oxygens (including phenoxy) is 2. The average molecular weight is 474 g/mol. The molecule has 0 aliphatic heterocycles. The zero-order valence-corrected chi connectivity index (χ0v) is 17.3. The second-order valence-electron chi connectivity index (χ2n) is 5.21. The van der Waals surface area contributed by atoms with E-state index in [1.807, 2.05) is 31.2 Å². The van der Waals surface area contributed by atoms with Crippen molar-refractivity contribution in [3.05, 3.63) is 48.7 Å². The molecule has 0 fully saturated rings. The van der Waals surface area contributed by atoms with Gasteiger partial charge in [0.1, 0.15) is 24.7 Å². The topological polar surface area (TPSA) is 80.9 Å². The molecule has 0 unspecified atom stereocenters. The van der Waals surface area contributed by atoms with Crippen LogP contribution in [0, 0.1) is 0 Å². The smallest absolute Gasteiger partial charge is 0.191 e. The first-order chi connectivity index (χ1) is 12.4. The number of aromatic nitrogens is 1. The van der Waals surface area contributed by atoms with E-state index in [1.165, 1.54) is 0 Å². The van der Waals surface area contributed by atoms with Crippen molar-refractivity contribution >= 4 is 29.9 Å². The summed E-state index contributed by atoms with van der Waals surface area (Å²) in [5.41, 5.74) is 0. The number of hydrogen-bond donors (Lipinski definition) is 2. The van der Waals surface area contributed by atoms with Crippen LogP contribution in [-0.4, -0.2) is 43.8 Å². The van der Waals surface area contributed by atoms with Crippen LogP contribution in [0.3, 0.4) is 0 Å². The molecule has 0 aromatic carbocycles. The number of halogens is 1. The molecule has 0 aliphatic rings. The number of furan rings is 1. The standard InChI is InChI=1S/C18H26N4O3.HI/c1-2-20-18(22-10-13-25-16-6-3-8-19-14-16)21-9-5-11-23-15-17-7-4-12-24-17;/h3-4,6-8,12,14H,2,5,9-11,13,15H2,1H3,(H2,20,21,22);1H. The summed E-state index contributed by atoms with van der Waals surface area (Å²) in [6.07, 6.45) is 5.92. The fourth-order valence-electron chi connectivity index (χ4n) is 2.04. The zero-order chi connectivity index (χ0) is 17.6. The van der Waals surface area contributed by atoms with Gasteiger partial charge in [-0.3, -0.25) is 9.98 Å². The molecule has 0 aliphatic carbocycles.